The first-order chi connectivity index (χ1) is 14.9. The van der Waals surface area contributed by atoms with Gasteiger partial charge in [0.2, 0.25) is 0 Å². The molecule has 7 nitrogen and oxygen atoms in total. The molecule has 0 aliphatic carbocycles. The first-order valence-electron chi connectivity index (χ1n) is 10.7. The zero-order valence-corrected chi connectivity index (χ0v) is 18.6. The molecule has 1 heterocycles. The predicted octanol–water partition coefficient (Wildman–Crippen LogP) is 3.55. The third-order valence-electron chi connectivity index (χ3n) is 4.91. The Morgan fingerprint density at radius 1 is 1.13 bits per heavy atom. The van der Waals surface area contributed by atoms with Gasteiger partial charge in [0.15, 0.2) is 0 Å². The van der Waals surface area contributed by atoms with Crippen LogP contribution in [0.1, 0.15) is 54.7 Å². The summed E-state index contributed by atoms with van der Waals surface area (Å²) in [5.74, 6) is 1.47. The van der Waals surface area contributed by atoms with Crippen molar-refractivity contribution >= 4 is 11.9 Å². The van der Waals surface area contributed by atoms with Crippen LogP contribution < -0.4 is 25.4 Å². The molecule has 0 bridgehead atoms. The van der Waals surface area contributed by atoms with Gasteiger partial charge >= 0.3 is 6.03 Å². The molecular formula is C24H31N3O4. The van der Waals surface area contributed by atoms with Crippen LogP contribution in [-0.4, -0.2) is 30.7 Å². The van der Waals surface area contributed by atoms with Crippen LogP contribution >= 0.6 is 0 Å². The Hall–Kier alpha value is -3.22. The van der Waals surface area contributed by atoms with Gasteiger partial charge in [-0.15, -0.1) is 0 Å². The van der Waals surface area contributed by atoms with E-state index in [1.54, 1.807) is 12.1 Å². The lowest BCUT2D eigenvalue weighted by Crippen LogP contribution is -2.39. The van der Waals surface area contributed by atoms with Gasteiger partial charge in [-0.2, -0.15) is 0 Å². The van der Waals surface area contributed by atoms with Crippen molar-refractivity contribution in [2.75, 3.05) is 6.61 Å². The van der Waals surface area contributed by atoms with Gasteiger partial charge < -0.3 is 25.4 Å². The maximum Gasteiger partial charge on any atom is 0.315 e. The molecule has 0 saturated carbocycles. The first kappa shape index (κ1) is 22.5. The molecular weight excluding hydrogens is 394 g/mol. The number of amides is 3. The summed E-state index contributed by atoms with van der Waals surface area (Å²) >= 11 is 0. The van der Waals surface area contributed by atoms with E-state index < -0.39 is 0 Å². The van der Waals surface area contributed by atoms with Crippen LogP contribution in [0.3, 0.4) is 0 Å². The van der Waals surface area contributed by atoms with Gasteiger partial charge in [0.05, 0.1) is 6.61 Å². The highest BCUT2D eigenvalue weighted by molar-refractivity contribution is 5.94. The number of carbonyl (C=O) groups excluding carboxylic acids is 2. The van der Waals surface area contributed by atoms with E-state index in [1.165, 1.54) is 0 Å². The normalized spacial score (nSPS) is 14.5. The fraction of sp³-hybridized carbons (Fsp3) is 0.417. The molecule has 2 aromatic rings. The maximum atomic E-state index is 12.6. The van der Waals surface area contributed by atoms with Crippen molar-refractivity contribution in [3.8, 4) is 11.5 Å². The molecule has 3 amide bonds. The molecule has 0 spiro atoms. The molecule has 1 aliphatic rings. The molecule has 0 aromatic heterocycles. The van der Waals surface area contributed by atoms with E-state index >= 15 is 0 Å². The Morgan fingerprint density at radius 2 is 1.87 bits per heavy atom. The van der Waals surface area contributed by atoms with Gasteiger partial charge in [-0.25, -0.2) is 4.79 Å². The molecule has 3 rings (SSSR count). The van der Waals surface area contributed by atoms with Crippen molar-refractivity contribution in [2.45, 2.75) is 59.4 Å². The molecule has 31 heavy (non-hydrogen) atoms. The molecule has 2 aromatic carbocycles. The summed E-state index contributed by atoms with van der Waals surface area (Å²) in [5, 5.41) is 8.52. The summed E-state index contributed by atoms with van der Waals surface area (Å²) < 4.78 is 11.6. The van der Waals surface area contributed by atoms with Crippen LogP contribution in [0.5, 0.6) is 11.5 Å². The number of benzene rings is 2. The van der Waals surface area contributed by atoms with Gasteiger partial charge in [-0.05, 0) is 57.5 Å². The second kappa shape index (κ2) is 10.2. The van der Waals surface area contributed by atoms with E-state index in [2.05, 4.69) is 16.0 Å². The number of ether oxygens (including phenoxy) is 2. The van der Waals surface area contributed by atoms with E-state index in [0.717, 1.165) is 34.6 Å². The summed E-state index contributed by atoms with van der Waals surface area (Å²) in [5.41, 5.74) is 3.50. The zero-order chi connectivity index (χ0) is 22.4. The smallest absolute Gasteiger partial charge is 0.315 e. The Balaban J connectivity index is 1.58. The van der Waals surface area contributed by atoms with Gasteiger partial charge in [-0.3, -0.25) is 4.79 Å². The van der Waals surface area contributed by atoms with E-state index in [9.17, 15) is 9.59 Å². The quantitative estimate of drug-likeness (QED) is 0.604. The van der Waals surface area contributed by atoms with Crippen LogP contribution in [0.15, 0.2) is 36.4 Å². The van der Waals surface area contributed by atoms with Crippen molar-refractivity contribution in [3.05, 3.63) is 58.7 Å². The lowest BCUT2D eigenvalue weighted by Gasteiger charge is -2.14. The molecule has 1 aliphatic heterocycles. The van der Waals surface area contributed by atoms with Gasteiger partial charge in [0, 0.05) is 42.2 Å². The second-order valence-corrected chi connectivity index (χ2v) is 7.99. The fourth-order valence-electron chi connectivity index (χ4n) is 3.46. The van der Waals surface area contributed by atoms with Crippen LogP contribution in [-0.2, 0) is 19.5 Å². The SMILES string of the molecule is CCOc1cc2c(cc1CNC(=O)c1ccc(CNC(=O)NC(C)C)cc1)OC(C)C2. The lowest BCUT2D eigenvalue weighted by molar-refractivity contribution is 0.0950. The number of hydrogen-bond donors (Lipinski definition) is 3. The monoisotopic (exact) mass is 425 g/mol. The van der Waals surface area contributed by atoms with Crippen LogP contribution in [0.2, 0.25) is 0 Å². The summed E-state index contributed by atoms with van der Waals surface area (Å²) in [6.45, 7) is 9.08. The minimum atomic E-state index is -0.213. The minimum absolute atomic E-state index is 0.0787. The predicted molar refractivity (Wildman–Crippen MR) is 120 cm³/mol. The Labute approximate surface area is 183 Å². The van der Waals surface area contributed by atoms with Crippen molar-refractivity contribution in [1.82, 2.24) is 16.0 Å². The molecule has 0 fully saturated rings. The van der Waals surface area contributed by atoms with E-state index in [-0.39, 0.29) is 24.1 Å². The molecule has 0 saturated heterocycles. The van der Waals surface area contributed by atoms with Crippen LogP contribution in [0, 0.1) is 0 Å². The third-order valence-corrected chi connectivity index (χ3v) is 4.91. The molecule has 166 valence electrons. The highest BCUT2D eigenvalue weighted by Crippen LogP contribution is 2.35. The zero-order valence-electron chi connectivity index (χ0n) is 18.6. The van der Waals surface area contributed by atoms with E-state index in [1.807, 2.05) is 52.0 Å². The molecule has 0 radical (unpaired) electrons. The Morgan fingerprint density at radius 3 is 2.55 bits per heavy atom. The molecule has 7 heteroatoms. The standard InChI is InChI=1S/C24H31N3O4/c1-5-30-21-11-19-10-16(4)31-22(19)12-20(21)14-25-23(28)18-8-6-17(7-9-18)13-26-24(29)27-15(2)3/h6-9,11-12,15-16H,5,10,13-14H2,1-4H3,(H,25,28)(H2,26,27,29). The average molecular weight is 426 g/mol. The second-order valence-electron chi connectivity index (χ2n) is 7.99. The average Bonchev–Trinajstić information content (AvgIpc) is 3.09. The molecule has 1 unspecified atom stereocenters. The molecule has 1 atom stereocenters. The van der Waals surface area contributed by atoms with Crippen molar-refractivity contribution in [2.24, 2.45) is 0 Å². The topological polar surface area (TPSA) is 88.7 Å². The number of fused-ring (bicyclic) bond motifs is 1. The number of rotatable bonds is 8. The highest BCUT2D eigenvalue weighted by Gasteiger charge is 2.22. The lowest BCUT2D eigenvalue weighted by atomic mass is 10.1. The Bertz CT molecular complexity index is 925. The van der Waals surface area contributed by atoms with Gasteiger partial charge in [-0.1, -0.05) is 12.1 Å². The van der Waals surface area contributed by atoms with E-state index in [4.69, 9.17) is 9.47 Å². The van der Waals surface area contributed by atoms with Gasteiger partial charge in [0.25, 0.3) is 5.91 Å². The number of urea groups is 1. The summed E-state index contributed by atoms with van der Waals surface area (Å²) in [6.07, 6.45) is 1.02. The fourth-order valence-corrected chi connectivity index (χ4v) is 3.46. The van der Waals surface area contributed by atoms with Crippen molar-refractivity contribution in [3.63, 3.8) is 0 Å². The third kappa shape index (κ3) is 6.13. The number of hydrogen-bond acceptors (Lipinski definition) is 4. The summed E-state index contributed by atoms with van der Waals surface area (Å²) in [7, 11) is 0. The van der Waals surface area contributed by atoms with Crippen LogP contribution in [0.4, 0.5) is 4.79 Å². The summed E-state index contributed by atoms with van der Waals surface area (Å²) in [4.78, 5) is 24.3. The van der Waals surface area contributed by atoms with Crippen molar-refractivity contribution < 1.29 is 19.1 Å². The van der Waals surface area contributed by atoms with Gasteiger partial charge in [0.1, 0.15) is 17.6 Å². The van der Waals surface area contributed by atoms with Crippen molar-refractivity contribution in [1.29, 1.82) is 0 Å². The largest absolute Gasteiger partial charge is 0.494 e. The van der Waals surface area contributed by atoms with Crippen LogP contribution in [0.25, 0.3) is 0 Å². The van der Waals surface area contributed by atoms with E-state index in [0.29, 0.717) is 25.3 Å². The number of carbonyl (C=O) groups is 2. The number of nitrogens with one attached hydrogen (secondary N) is 3. The molecule has 3 N–H and O–H groups in total. The Kier molecular flexibility index (Phi) is 7.39. The maximum absolute atomic E-state index is 12.6. The first-order valence-corrected chi connectivity index (χ1v) is 10.7. The minimum Gasteiger partial charge on any atom is -0.494 e. The highest BCUT2D eigenvalue weighted by atomic mass is 16.5. The summed E-state index contributed by atoms with van der Waals surface area (Å²) in [6, 6.07) is 11.0.